The lowest BCUT2D eigenvalue weighted by atomic mass is 10.1. The van der Waals surface area contributed by atoms with E-state index in [2.05, 4.69) is 25.2 Å². The number of para-hydroxylation sites is 1. The minimum Gasteiger partial charge on any atom is -0.375 e. The summed E-state index contributed by atoms with van der Waals surface area (Å²) >= 11 is 1.72. The normalized spacial score (nSPS) is 10.5. The first-order valence-corrected chi connectivity index (χ1v) is 6.84. The van der Waals surface area contributed by atoms with E-state index in [1.807, 2.05) is 6.07 Å². The lowest BCUT2D eigenvalue weighted by molar-refractivity contribution is -0.384. The Morgan fingerprint density at radius 1 is 1.26 bits per heavy atom. The Morgan fingerprint density at radius 2 is 2.00 bits per heavy atom. The second kappa shape index (κ2) is 5.40. The smallest absolute Gasteiger partial charge is 0.295 e. The molecule has 0 aliphatic carbocycles. The lowest BCUT2D eigenvalue weighted by Gasteiger charge is -2.07. The van der Waals surface area contributed by atoms with Gasteiger partial charge in [0.2, 0.25) is 0 Å². The van der Waals surface area contributed by atoms with E-state index < -0.39 is 0 Å². The van der Waals surface area contributed by atoms with E-state index in [0.717, 1.165) is 0 Å². The molecule has 4 nitrogen and oxygen atoms in total. The van der Waals surface area contributed by atoms with Crippen molar-refractivity contribution >= 4 is 22.7 Å². The molecule has 1 aromatic carbocycles. The van der Waals surface area contributed by atoms with Gasteiger partial charge in [0.1, 0.15) is 5.69 Å². The van der Waals surface area contributed by atoms with Crippen LogP contribution in [0.3, 0.4) is 0 Å². The molecule has 0 saturated carbocycles. The number of hydrogen-bond acceptors (Lipinski definition) is 4. The summed E-state index contributed by atoms with van der Waals surface area (Å²) in [5.41, 5.74) is 2.68. The van der Waals surface area contributed by atoms with Crippen LogP contribution in [-0.2, 0) is 6.54 Å². The molecule has 0 saturated heterocycles. The van der Waals surface area contributed by atoms with Crippen LogP contribution in [0.2, 0.25) is 0 Å². The Labute approximate surface area is 116 Å². The Bertz CT molecular complexity index is 600. The first-order chi connectivity index (χ1) is 8.99. The van der Waals surface area contributed by atoms with Crippen LogP contribution in [0.5, 0.6) is 0 Å². The average molecular weight is 276 g/mol. The minimum absolute atomic E-state index is 0.160. The number of anilines is 1. The maximum atomic E-state index is 11.1. The standard InChI is InChI=1S/C14H16N2O2S/c1-9-5-4-6-13(14(9)16(17)18)15-8-12-7-10(2)11(3)19-12/h4-7,15H,8H2,1-3H3. The number of benzene rings is 1. The Balaban J connectivity index is 2.20. The molecule has 1 aromatic heterocycles. The molecule has 0 atom stereocenters. The zero-order chi connectivity index (χ0) is 14.0. The highest BCUT2D eigenvalue weighted by Crippen LogP contribution is 2.29. The van der Waals surface area contributed by atoms with Crippen molar-refractivity contribution in [1.29, 1.82) is 0 Å². The molecule has 0 aliphatic rings. The molecule has 0 amide bonds. The number of nitrogens with one attached hydrogen (secondary N) is 1. The van der Waals surface area contributed by atoms with Gasteiger partial charge in [-0.15, -0.1) is 11.3 Å². The van der Waals surface area contributed by atoms with Crippen LogP contribution in [0, 0.1) is 30.9 Å². The summed E-state index contributed by atoms with van der Waals surface area (Å²) in [7, 11) is 0. The van der Waals surface area contributed by atoms with E-state index in [1.54, 1.807) is 30.4 Å². The van der Waals surface area contributed by atoms with Crippen molar-refractivity contribution in [2.45, 2.75) is 27.3 Å². The van der Waals surface area contributed by atoms with Crippen LogP contribution in [0.25, 0.3) is 0 Å². The highest BCUT2D eigenvalue weighted by molar-refractivity contribution is 7.12. The van der Waals surface area contributed by atoms with Crippen molar-refractivity contribution in [2.24, 2.45) is 0 Å². The molecular weight excluding hydrogens is 260 g/mol. The summed E-state index contributed by atoms with van der Waals surface area (Å²) in [5.74, 6) is 0. The molecule has 0 spiro atoms. The number of thiophene rings is 1. The Hall–Kier alpha value is -1.88. The molecule has 1 N–H and O–H groups in total. The van der Waals surface area contributed by atoms with E-state index in [1.165, 1.54) is 15.3 Å². The first kappa shape index (κ1) is 13.5. The lowest BCUT2D eigenvalue weighted by Crippen LogP contribution is -2.02. The predicted molar refractivity (Wildman–Crippen MR) is 79.0 cm³/mol. The van der Waals surface area contributed by atoms with Gasteiger partial charge in [-0.25, -0.2) is 0 Å². The monoisotopic (exact) mass is 276 g/mol. The van der Waals surface area contributed by atoms with E-state index in [9.17, 15) is 10.1 Å². The van der Waals surface area contributed by atoms with Gasteiger partial charge in [-0.3, -0.25) is 10.1 Å². The SMILES string of the molecule is Cc1cc(CNc2cccc(C)c2[N+](=O)[O-])sc1C. The van der Waals surface area contributed by atoms with Gasteiger partial charge in [0.25, 0.3) is 5.69 Å². The van der Waals surface area contributed by atoms with Gasteiger partial charge >= 0.3 is 0 Å². The fraction of sp³-hybridized carbons (Fsp3) is 0.286. The Morgan fingerprint density at radius 3 is 2.58 bits per heavy atom. The number of aryl methyl sites for hydroxylation is 3. The van der Waals surface area contributed by atoms with Crippen LogP contribution in [-0.4, -0.2) is 4.92 Å². The predicted octanol–water partition coefficient (Wildman–Crippen LogP) is 4.19. The van der Waals surface area contributed by atoms with Crippen molar-refractivity contribution in [2.75, 3.05) is 5.32 Å². The number of rotatable bonds is 4. The van der Waals surface area contributed by atoms with Gasteiger partial charge in [-0.05, 0) is 38.5 Å². The first-order valence-electron chi connectivity index (χ1n) is 6.03. The molecule has 0 radical (unpaired) electrons. The number of nitro benzene ring substituents is 1. The molecule has 19 heavy (non-hydrogen) atoms. The van der Waals surface area contributed by atoms with Gasteiger partial charge in [-0.1, -0.05) is 12.1 Å². The zero-order valence-corrected chi connectivity index (χ0v) is 12.0. The summed E-state index contributed by atoms with van der Waals surface area (Å²) in [5, 5.41) is 14.2. The van der Waals surface area contributed by atoms with Gasteiger partial charge in [0, 0.05) is 21.9 Å². The molecule has 5 heteroatoms. The van der Waals surface area contributed by atoms with Crippen LogP contribution >= 0.6 is 11.3 Å². The molecule has 100 valence electrons. The molecule has 2 rings (SSSR count). The maximum absolute atomic E-state index is 11.1. The van der Waals surface area contributed by atoms with E-state index in [-0.39, 0.29) is 10.6 Å². The topological polar surface area (TPSA) is 55.2 Å². The van der Waals surface area contributed by atoms with Crippen molar-refractivity contribution in [1.82, 2.24) is 0 Å². The molecule has 0 bridgehead atoms. The highest BCUT2D eigenvalue weighted by Gasteiger charge is 2.16. The van der Waals surface area contributed by atoms with Crippen LogP contribution in [0.1, 0.15) is 20.9 Å². The quantitative estimate of drug-likeness (QED) is 0.672. The van der Waals surface area contributed by atoms with E-state index in [4.69, 9.17) is 0 Å². The average Bonchev–Trinajstić information content (AvgIpc) is 2.65. The van der Waals surface area contributed by atoms with Gasteiger partial charge in [0.05, 0.1) is 4.92 Å². The van der Waals surface area contributed by atoms with Gasteiger partial charge in [0.15, 0.2) is 0 Å². The van der Waals surface area contributed by atoms with Crippen molar-refractivity contribution in [3.05, 3.63) is 55.3 Å². The zero-order valence-electron chi connectivity index (χ0n) is 11.2. The number of nitrogens with zero attached hydrogens (tertiary/aromatic N) is 1. The molecular formula is C14H16N2O2S. The summed E-state index contributed by atoms with van der Waals surface area (Å²) in [6.45, 7) is 6.52. The van der Waals surface area contributed by atoms with Crippen LogP contribution in [0.4, 0.5) is 11.4 Å². The van der Waals surface area contributed by atoms with Gasteiger partial charge < -0.3 is 5.32 Å². The fourth-order valence-corrected chi connectivity index (χ4v) is 2.96. The third-order valence-corrected chi connectivity index (χ3v) is 4.24. The van der Waals surface area contributed by atoms with E-state index >= 15 is 0 Å². The molecule has 0 fully saturated rings. The third-order valence-electron chi connectivity index (χ3n) is 3.09. The highest BCUT2D eigenvalue weighted by atomic mass is 32.1. The van der Waals surface area contributed by atoms with Crippen molar-refractivity contribution in [3.63, 3.8) is 0 Å². The second-order valence-corrected chi connectivity index (χ2v) is 5.87. The summed E-state index contributed by atoms with van der Waals surface area (Å²) in [6, 6.07) is 7.45. The fourth-order valence-electron chi connectivity index (χ4n) is 1.96. The molecule has 0 unspecified atom stereocenters. The second-order valence-electron chi connectivity index (χ2n) is 4.53. The van der Waals surface area contributed by atoms with Gasteiger partial charge in [-0.2, -0.15) is 0 Å². The van der Waals surface area contributed by atoms with Crippen LogP contribution < -0.4 is 5.32 Å². The third kappa shape index (κ3) is 2.93. The summed E-state index contributed by atoms with van der Waals surface area (Å²) in [6.07, 6.45) is 0. The van der Waals surface area contributed by atoms with Crippen molar-refractivity contribution < 1.29 is 4.92 Å². The number of nitro groups is 1. The number of hydrogen-bond donors (Lipinski definition) is 1. The molecule has 2 aromatic rings. The minimum atomic E-state index is -0.331. The van der Waals surface area contributed by atoms with Crippen molar-refractivity contribution in [3.8, 4) is 0 Å². The Kier molecular flexibility index (Phi) is 3.85. The maximum Gasteiger partial charge on any atom is 0.295 e. The summed E-state index contributed by atoms with van der Waals surface area (Å²) in [4.78, 5) is 13.2. The summed E-state index contributed by atoms with van der Waals surface area (Å²) < 4.78 is 0. The van der Waals surface area contributed by atoms with E-state index in [0.29, 0.717) is 17.8 Å². The largest absolute Gasteiger partial charge is 0.375 e. The molecule has 0 aliphatic heterocycles. The molecule has 1 heterocycles. The van der Waals surface area contributed by atoms with Crippen LogP contribution in [0.15, 0.2) is 24.3 Å².